The molecule has 5 heteroatoms. The van der Waals surface area contributed by atoms with Gasteiger partial charge in [-0.15, -0.1) is 6.58 Å². The third-order valence-corrected chi connectivity index (χ3v) is 5.24. The first-order chi connectivity index (χ1) is 11.1. The number of nitrogens with one attached hydrogen (secondary N) is 2. The van der Waals surface area contributed by atoms with Crippen molar-refractivity contribution in [3.63, 3.8) is 0 Å². The fourth-order valence-electron chi connectivity index (χ4n) is 3.83. The second-order valence-electron chi connectivity index (χ2n) is 7.03. The Labute approximate surface area is 138 Å². The molecule has 2 fully saturated rings. The Bertz CT molecular complexity index is 430. The minimum atomic E-state index is -0.761. The average molecular weight is 322 g/mol. The molecule has 2 rings (SSSR count). The van der Waals surface area contributed by atoms with E-state index in [0.29, 0.717) is 13.1 Å². The molecule has 2 aliphatic rings. The van der Waals surface area contributed by atoms with E-state index in [1.165, 1.54) is 0 Å². The van der Waals surface area contributed by atoms with Crippen LogP contribution in [0.1, 0.15) is 57.8 Å². The van der Waals surface area contributed by atoms with Crippen LogP contribution in [-0.2, 0) is 9.59 Å². The van der Waals surface area contributed by atoms with Crippen LogP contribution >= 0.6 is 0 Å². The van der Waals surface area contributed by atoms with Crippen molar-refractivity contribution in [1.82, 2.24) is 10.6 Å². The lowest BCUT2D eigenvalue weighted by molar-refractivity contribution is -0.137. The molecule has 0 aliphatic heterocycles. The molecule has 130 valence electrons. The summed E-state index contributed by atoms with van der Waals surface area (Å²) in [5.41, 5.74) is -0.761. The largest absolute Gasteiger partial charge is 0.388 e. The number of amides is 2. The van der Waals surface area contributed by atoms with Gasteiger partial charge in [-0.2, -0.15) is 0 Å². The van der Waals surface area contributed by atoms with Crippen molar-refractivity contribution in [2.24, 2.45) is 11.8 Å². The quantitative estimate of drug-likeness (QED) is 0.654. The molecule has 2 aliphatic carbocycles. The van der Waals surface area contributed by atoms with Gasteiger partial charge in [0.25, 0.3) is 0 Å². The highest BCUT2D eigenvalue weighted by Crippen LogP contribution is 2.31. The molecular formula is C18H30N2O3. The van der Waals surface area contributed by atoms with Gasteiger partial charge in [-0.05, 0) is 25.7 Å². The van der Waals surface area contributed by atoms with Gasteiger partial charge in [0, 0.05) is 24.9 Å². The van der Waals surface area contributed by atoms with E-state index in [-0.39, 0.29) is 23.7 Å². The van der Waals surface area contributed by atoms with Crippen LogP contribution in [0.5, 0.6) is 0 Å². The lowest BCUT2D eigenvalue weighted by Crippen LogP contribution is -2.49. The standard InChI is InChI=1S/C18H30N2O3/c1-2-12-19-16(21)14-8-4-5-9-15(14)17(22)20-13-18(23)10-6-3-7-11-18/h2,14-15,23H,1,3-13H2,(H,19,21)(H,20,22)/t14-,15+/m0/s1. The molecule has 0 bridgehead atoms. The summed E-state index contributed by atoms with van der Waals surface area (Å²) in [7, 11) is 0. The first-order valence-corrected chi connectivity index (χ1v) is 8.94. The van der Waals surface area contributed by atoms with Crippen molar-refractivity contribution in [3.8, 4) is 0 Å². The highest BCUT2D eigenvalue weighted by Gasteiger charge is 2.37. The fraction of sp³-hybridized carbons (Fsp3) is 0.778. The molecule has 0 aromatic rings. The zero-order chi connectivity index (χ0) is 16.7. The van der Waals surface area contributed by atoms with Crippen molar-refractivity contribution in [2.45, 2.75) is 63.4 Å². The van der Waals surface area contributed by atoms with Gasteiger partial charge in [-0.3, -0.25) is 9.59 Å². The molecule has 0 radical (unpaired) electrons. The third-order valence-electron chi connectivity index (χ3n) is 5.24. The summed E-state index contributed by atoms with van der Waals surface area (Å²) in [4.78, 5) is 24.8. The zero-order valence-electron chi connectivity index (χ0n) is 14.0. The number of hydrogen-bond donors (Lipinski definition) is 3. The molecule has 0 saturated heterocycles. The number of hydrogen-bond acceptors (Lipinski definition) is 3. The molecule has 23 heavy (non-hydrogen) atoms. The maximum absolute atomic E-state index is 12.5. The van der Waals surface area contributed by atoms with Gasteiger partial charge < -0.3 is 15.7 Å². The second kappa shape index (κ2) is 8.48. The van der Waals surface area contributed by atoms with Crippen molar-refractivity contribution >= 4 is 11.8 Å². The molecule has 0 aromatic heterocycles. The smallest absolute Gasteiger partial charge is 0.224 e. The summed E-state index contributed by atoms with van der Waals surface area (Å²) in [6, 6.07) is 0. The Kier molecular flexibility index (Phi) is 6.63. The summed E-state index contributed by atoms with van der Waals surface area (Å²) in [5, 5.41) is 16.2. The summed E-state index contributed by atoms with van der Waals surface area (Å²) in [5.74, 6) is -0.672. The summed E-state index contributed by atoms with van der Waals surface area (Å²) in [6.07, 6.45) is 9.81. The first kappa shape index (κ1) is 18.0. The van der Waals surface area contributed by atoms with Gasteiger partial charge in [0.05, 0.1) is 5.60 Å². The number of aliphatic hydroxyl groups is 1. The van der Waals surface area contributed by atoms with E-state index < -0.39 is 5.60 Å². The SMILES string of the molecule is C=CCNC(=O)[C@H]1CCCC[C@H]1C(=O)NCC1(O)CCCCC1. The molecule has 2 atom stereocenters. The molecule has 2 amide bonds. The zero-order valence-corrected chi connectivity index (χ0v) is 14.0. The number of rotatable bonds is 6. The van der Waals surface area contributed by atoms with Crippen LogP contribution in [0.4, 0.5) is 0 Å². The van der Waals surface area contributed by atoms with E-state index >= 15 is 0 Å². The Balaban J connectivity index is 1.89. The minimum absolute atomic E-state index is 0.0545. The minimum Gasteiger partial charge on any atom is -0.388 e. The van der Waals surface area contributed by atoms with Crippen molar-refractivity contribution in [3.05, 3.63) is 12.7 Å². The second-order valence-corrected chi connectivity index (χ2v) is 7.03. The van der Waals surface area contributed by atoms with Crippen LogP contribution in [-0.4, -0.2) is 35.6 Å². The summed E-state index contributed by atoms with van der Waals surface area (Å²) < 4.78 is 0. The van der Waals surface area contributed by atoms with E-state index in [0.717, 1.165) is 57.8 Å². The van der Waals surface area contributed by atoms with Crippen LogP contribution in [0.3, 0.4) is 0 Å². The van der Waals surface area contributed by atoms with E-state index in [1.807, 2.05) is 0 Å². The fourth-order valence-corrected chi connectivity index (χ4v) is 3.83. The number of carbonyl (C=O) groups excluding carboxylic acids is 2. The highest BCUT2D eigenvalue weighted by atomic mass is 16.3. The van der Waals surface area contributed by atoms with Crippen LogP contribution < -0.4 is 10.6 Å². The van der Waals surface area contributed by atoms with Gasteiger partial charge in [0.15, 0.2) is 0 Å². The van der Waals surface area contributed by atoms with Crippen LogP contribution in [0.2, 0.25) is 0 Å². The first-order valence-electron chi connectivity index (χ1n) is 8.94. The highest BCUT2D eigenvalue weighted by molar-refractivity contribution is 5.88. The van der Waals surface area contributed by atoms with Crippen LogP contribution in [0, 0.1) is 11.8 Å². The normalized spacial score (nSPS) is 27.0. The van der Waals surface area contributed by atoms with Crippen LogP contribution in [0.15, 0.2) is 12.7 Å². The van der Waals surface area contributed by atoms with Gasteiger partial charge >= 0.3 is 0 Å². The lowest BCUT2D eigenvalue weighted by Gasteiger charge is -2.34. The number of carbonyl (C=O) groups is 2. The summed E-state index contributed by atoms with van der Waals surface area (Å²) in [6.45, 7) is 4.34. The Morgan fingerprint density at radius 2 is 1.57 bits per heavy atom. The molecule has 0 aromatic carbocycles. The molecule has 5 nitrogen and oxygen atoms in total. The van der Waals surface area contributed by atoms with Crippen molar-refractivity contribution < 1.29 is 14.7 Å². The van der Waals surface area contributed by atoms with Crippen molar-refractivity contribution in [2.75, 3.05) is 13.1 Å². The van der Waals surface area contributed by atoms with Crippen LogP contribution in [0.25, 0.3) is 0 Å². The van der Waals surface area contributed by atoms with Gasteiger partial charge in [-0.1, -0.05) is 38.2 Å². The molecular weight excluding hydrogens is 292 g/mol. The molecule has 0 unspecified atom stereocenters. The van der Waals surface area contributed by atoms with E-state index in [1.54, 1.807) is 6.08 Å². The molecule has 0 heterocycles. The molecule has 2 saturated carbocycles. The van der Waals surface area contributed by atoms with E-state index in [9.17, 15) is 14.7 Å². The predicted molar refractivity (Wildman–Crippen MR) is 89.7 cm³/mol. The topological polar surface area (TPSA) is 78.4 Å². The predicted octanol–water partition coefficient (Wildman–Crippen LogP) is 1.91. The summed E-state index contributed by atoms with van der Waals surface area (Å²) >= 11 is 0. The van der Waals surface area contributed by atoms with Gasteiger partial charge in [-0.25, -0.2) is 0 Å². The average Bonchev–Trinajstić information content (AvgIpc) is 2.58. The third kappa shape index (κ3) is 5.06. The maximum atomic E-state index is 12.5. The Morgan fingerprint density at radius 3 is 2.13 bits per heavy atom. The molecule has 3 N–H and O–H groups in total. The van der Waals surface area contributed by atoms with Gasteiger partial charge in [0.2, 0.25) is 11.8 Å². The Morgan fingerprint density at radius 1 is 1.00 bits per heavy atom. The van der Waals surface area contributed by atoms with E-state index in [2.05, 4.69) is 17.2 Å². The van der Waals surface area contributed by atoms with Gasteiger partial charge in [0.1, 0.15) is 0 Å². The van der Waals surface area contributed by atoms with E-state index in [4.69, 9.17) is 0 Å². The monoisotopic (exact) mass is 322 g/mol. The van der Waals surface area contributed by atoms with Crippen molar-refractivity contribution in [1.29, 1.82) is 0 Å². The maximum Gasteiger partial charge on any atom is 0.224 e. The Hall–Kier alpha value is -1.36. The lowest BCUT2D eigenvalue weighted by atomic mass is 9.77. The molecule has 0 spiro atoms.